The van der Waals surface area contributed by atoms with Gasteiger partial charge in [0.2, 0.25) is 10.0 Å². The third-order valence-corrected chi connectivity index (χ3v) is 6.17. The number of allylic oxidation sites excluding steroid dienone is 1. The van der Waals surface area contributed by atoms with Crippen LogP contribution < -0.4 is 0 Å². The molecule has 10 heteroatoms. The zero-order valence-electron chi connectivity index (χ0n) is 12.4. The molecule has 0 radical (unpaired) electrons. The molecule has 1 saturated heterocycles. The van der Waals surface area contributed by atoms with Crippen LogP contribution in [0, 0.1) is 11.3 Å². The van der Waals surface area contributed by atoms with Crippen LogP contribution in [0.15, 0.2) is 15.7 Å². The van der Waals surface area contributed by atoms with Gasteiger partial charge in [-0.25, -0.2) is 12.7 Å². The van der Waals surface area contributed by atoms with E-state index in [1.54, 1.807) is 16.6 Å². The van der Waals surface area contributed by atoms with E-state index in [2.05, 4.69) is 6.07 Å². The minimum absolute atomic E-state index is 0.233. The van der Waals surface area contributed by atoms with Gasteiger partial charge in [-0.15, -0.1) is 11.8 Å². The van der Waals surface area contributed by atoms with E-state index in [9.17, 15) is 8.42 Å². The Kier molecular flexibility index (Phi) is 4.29. The van der Waals surface area contributed by atoms with Crippen molar-refractivity contribution < 1.29 is 13.0 Å². The minimum atomic E-state index is -3.08. The van der Waals surface area contributed by atoms with Crippen molar-refractivity contribution in [2.24, 2.45) is 0 Å². The molecule has 122 valence electrons. The summed E-state index contributed by atoms with van der Waals surface area (Å²) in [7, 11) is -3.08. The highest BCUT2D eigenvalue weighted by Crippen LogP contribution is 2.27. The Morgan fingerprint density at radius 1 is 1.41 bits per heavy atom. The van der Waals surface area contributed by atoms with Gasteiger partial charge in [-0.1, -0.05) is 9.71 Å². The molecule has 3 rings (SSSR count). The van der Waals surface area contributed by atoms with Crippen LogP contribution in [0.3, 0.4) is 0 Å². The zero-order valence-corrected chi connectivity index (χ0v) is 14.0. The quantitative estimate of drug-likeness (QED) is 0.786. The Balaban J connectivity index is 1.46. The van der Waals surface area contributed by atoms with Gasteiger partial charge in [0.1, 0.15) is 11.8 Å². The molecule has 0 amide bonds. The van der Waals surface area contributed by atoms with Crippen LogP contribution in [-0.4, -0.2) is 59.1 Å². The van der Waals surface area contributed by atoms with E-state index in [1.165, 1.54) is 10.6 Å². The number of hydrogen-bond acceptors (Lipinski definition) is 6. The molecule has 8 nitrogen and oxygen atoms in total. The van der Waals surface area contributed by atoms with Gasteiger partial charge in [0.25, 0.3) is 0 Å². The van der Waals surface area contributed by atoms with E-state index in [-0.39, 0.29) is 6.04 Å². The lowest BCUT2D eigenvalue weighted by Crippen LogP contribution is -2.38. The molecule has 0 aliphatic carbocycles. The molecule has 0 spiro atoms. The van der Waals surface area contributed by atoms with Gasteiger partial charge in [-0.05, 0) is 12.8 Å². The molecule has 0 unspecified atom stereocenters. The van der Waals surface area contributed by atoms with Gasteiger partial charge in [0, 0.05) is 25.0 Å². The topological polar surface area (TPSA) is 87.4 Å². The maximum atomic E-state index is 11.5. The molecule has 3 heterocycles. The van der Waals surface area contributed by atoms with Crippen LogP contribution in [0.4, 0.5) is 0 Å². The van der Waals surface area contributed by atoms with Crippen LogP contribution in [0.25, 0.3) is 0 Å². The molecule has 0 N–H and O–H groups in total. The van der Waals surface area contributed by atoms with E-state index in [1.807, 2.05) is 15.2 Å². The van der Waals surface area contributed by atoms with Crippen molar-refractivity contribution in [3.63, 3.8) is 0 Å². The molecule has 2 aliphatic heterocycles. The maximum absolute atomic E-state index is 11.5. The number of thioether (sulfide) groups is 1. The largest absolute Gasteiger partial charge is 0.351 e. The fraction of sp³-hybridized carbons (Fsp3) is 0.750. The lowest BCUT2D eigenvalue weighted by molar-refractivity contribution is 0.239. The number of rotatable bonds is 5. The van der Waals surface area contributed by atoms with Gasteiger partial charge in [0.15, 0.2) is 0 Å². The molecule has 2 aliphatic rings. The Morgan fingerprint density at radius 3 is 2.77 bits per heavy atom. The number of hydrogen-bond donors (Lipinski definition) is 0. The minimum Gasteiger partial charge on any atom is -0.351 e. The van der Waals surface area contributed by atoms with Crippen molar-refractivity contribution in [3.05, 3.63) is 11.1 Å². The Bertz CT molecular complexity index is 684. The smallest absolute Gasteiger partial charge is 0.211 e. The predicted molar refractivity (Wildman–Crippen MR) is 82.2 cm³/mol. The Hall–Kier alpha value is -1.31. The lowest BCUT2D eigenvalue weighted by Gasteiger charge is -2.27. The summed E-state index contributed by atoms with van der Waals surface area (Å²) in [6.45, 7) is 2.53. The second kappa shape index (κ2) is 6.06. The highest BCUT2D eigenvalue weighted by molar-refractivity contribution is 8.02. The highest BCUT2D eigenvalue weighted by Gasteiger charge is 2.30. The zero-order chi connectivity index (χ0) is 15.7. The summed E-state index contributed by atoms with van der Waals surface area (Å²) in [4.78, 5) is 5.65. The summed E-state index contributed by atoms with van der Waals surface area (Å²) in [6, 6.07) is 2.42. The van der Waals surface area contributed by atoms with Crippen molar-refractivity contribution in [3.8, 4) is 6.07 Å². The molecule has 22 heavy (non-hydrogen) atoms. The fourth-order valence-electron chi connectivity index (χ4n) is 2.70. The summed E-state index contributed by atoms with van der Waals surface area (Å²) in [5.74, 6) is 0.809. The van der Waals surface area contributed by atoms with E-state index >= 15 is 0 Å². The molecule has 0 atom stereocenters. The van der Waals surface area contributed by atoms with Crippen LogP contribution in [0.2, 0.25) is 0 Å². The molecule has 1 aromatic heterocycles. The maximum Gasteiger partial charge on any atom is 0.211 e. The number of sulfonamides is 1. The summed E-state index contributed by atoms with van der Waals surface area (Å²) >= 11 is 1.62. The molecular weight excluding hydrogens is 326 g/mol. The third-order valence-electron chi connectivity index (χ3n) is 4.02. The number of piperidine rings is 1. The first kappa shape index (κ1) is 15.6. The van der Waals surface area contributed by atoms with Crippen LogP contribution in [-0.2, 0) is 16.6 Å². The van der Waals surface area contributed by atoms with Crippen molar-refractivity contribution in [1.82, 2.24) is 18.9 Å². The van der Waals surface area contributed by atoms with Gasteiger partial charge < -0.3 is 4.90 Å². The second-order valence-electron chi connectivity index (χ2n) is 5.53. The number of nitrogens with zero attached hydrogens (tertiary/aromatic N) is 5. The van der Waals surface area contributed by atoms with Gasteiger partial charge >= 0.3 is 0 Å². The SMILES string of the molecule is CS(=O)(=O)N1CCC(n2on2CCN2CSC=C2C#N)CC1. The van der Waals surface area contributed by atoms with E-state index in [4.69, 9.17) is 9.89 Å². The molecule has 0 bridgehead atoms. The third kappa shape index (κ3) is 3.37. The average Bonchev–Trinajstić information content (AvgIpc) is 3.13. The molecular formula is C12H19N5O3S2. The van der Waals surface area contributed by atoms with Crippen LogP contribution in [0.5, 0.6) is 0 Å². The normalized spacial score (nSPS) is 21.3. The van der Waals surface area contributed by atoms with Crippen molar-refractivity contribution in [1.29, 1.82) is 5.26 Å². The van der Waals surface area contributed by atoms with Crippen LogP contribution in [0.1, 0.15) is 18.9 Å². The monoisotopic (exact) mass is 345 g/mol. The van der Waals surface area contributed by atoms with Crippen LogP contribution >= 0.6 is 11.8 Å². The number of aromatic nitrogens is 2. The predicted octanol–water partition coefficient (Wildman–Crippen LogP) is 0.850. The van der Waals surface area contributed by atoms with E-state index < -0.39 is 10.0 Å². The molecule has 1 fully saturated rings. The Labute approximate surface area is 133 Å². The fourth-order valence-corrected chi connectivity index (χ4v) is 4.46. The lowest BCUT2D eigenvalue weighted by atomic mass is 10.1. The van der Waals surface area contributed by atoms with E-state index in [0.717, 1.165) is 25.3 Å². The standard InChI is InChI=1S/C12H19N5O3S2/c1-22(18,19)15-4-2-11(3-5-15)17-16(20-17)7-6-14-10-21-9-12(14)8-13/h9,11H,2-7,10H2,1H3. The van der Waals surface area contributed by atoms with Crippen molar-refractivity contribution in [2.45, 2.75) is 25.4 Å². The molecule has 1 aromatic rings. The summed E-state index contributed by atoms with van der Waals surface area (Å²) in [5, 5.41) is 10.9. The van der Waals surface area contributed by atoms with Crippen molar-refractivity contribution in [2.75, 3.05) is 31.8 Å². The van der Waals surface area contributed by atoms with Gasteiger partial charge in [-0.3, -0.25) is 4.63 Å². The summed E-state index contributed by atoms with van der Waals surface area (Å²) < 4.78 is 30.0. The first-order chi connectivity index (χ1) is 10.5. The number of nitriles is 1. The summed E-state index contributed by atoms with van der Waals surface area (Å²) in [5.41, 5.74) is 0.708. The second-order valence-corrected chi connectivity index (χ2v) is 8.34. The molecule has 0 saturated carbocycles. The van der Waals surface area contributed by atoms with Gasteiger partial charge in [-0.2, -0.15) is 5.26 Å². The highest BCUT2D eigenvalue weighted by atomic mass is 32.2. The summed E-state index contributed by atoms with van der Waals surface area (Å²) in [6.07, 6.45) is 2.79. The van der Waals surface area contributed by atoms with Gasteiger partial charge in [0.05, 0.1) is 24.7 Å². The Morgan fingerprint density at radius 2 is 2.14 bits per heavy atom. The average molecular weight is 345 g/mol. The molecule has 0 aromatic carbocycles. The van der Waals surface area contributed by atoms with E-state index in [0.29, 0.717) is 25.3 Å². The first-order valence-corrected chi connectivity index (χ1v) is 10.1. The first-order valence-electron chi connectivity index (χ1n) is 7.16. The van der Waals surface area contributed by atoms with Crippen molar-refractivity contribution >= 4 is 21.8 Å².